The standard InChI is InChI=1S/C5H5Cl3O2/c1-4(2-6)5(7,8)3(9)10-4/h2H2,1H3. The van der Waals surface area contributed by atoms with Gasteiger partial charge in [-0.25, -0.2) is 4.79 Å². The molecule has 1 fully saturated rings. The van der Waals surface area contributed by atoms with E-state index in [1.165, 1.54) is 0 Å². The minimum absolute atomic E-state index is 0.103. The molecule has 0 aromatic carbocycles. The van der Waals surface area contributed by atoms with Crippen LogP contribution in [-0.2, 0) is 9.53 Å². The molecular formula is C5H5Cl3O2. The number of ether oxygens (including phenoxy) is 1. The molecule has 1 aliphatic heterocycles. The molecule has 0 radical (unpaired) electrons. The summed E-state index contributed by atoms with van der Waals surface area (Å²) in [5.41, 5.74) is -0.922. The van der Waals surface area contributed by atoms with Gasteiger partial charge in [-0.05, 0) is 6.92 Å². The van der Waals surface area contributed by atoms with E-state index in [0.29, 0.717) is 0 Å². The fourth-order valence-corrected chi connectivity index (χ4v) is 1.29. The SMILES string of the molecule is CC1(CCl)OC(=O)C1(Cl)Cl. The van der Waals surface area contributed by atoms with Gasteiger partial charge < -0.3 is 4.74 Å². The highest BCUT2D eigenvalue weighted by molar-refractivity contribution is 6.60. The van der Waals surface area contributed by atoms with E-state index in [4.69, 9.17) is 34.8 Å². The Balaban J connectivity index is 2.80. The van der Waals surface area contributed by atoms with Crippen LogP contribution in [0.4, 0.5) is 0 Å². The minimum atomic E-state index is -1.46. The topological polar surface area (TPSA) is 26.3 Å². The Morgan fingerprint density at radius 1 is 1.60 bits per heavy atom. The second-order valence-electron chi connectivity index (χ2n) is 2.33. The van der Waals surface area contributed by atoms with Crippen LogP contribution in [0.5, 0.6) is 0 Å². The number of rotatable bonds is 1. The summed E-state index contributed by atoms with van der Waals surface area (Å²) in [6, 6.07) is 0. The average Bonchev–Trinajstić information content (AvgIpc) is 1.88. The Morgan fingerprint density at radius 2 is 2.10 bits per heavy atom. The first kappa shape index (κ1) is 8.44. The maximum absolute atomic E-state index is 10.6. The maximum Gasteiger partial charge on any atom is 0.347 e. The number of carbonyl (C=O) groups is 1. The van der Waals surface area contributed by atoms with E-state index in [2.05, 4.69) is 4.74 Å². The van der Waals surface area contributed by atoms with Gasteiger partial charge in [0, 0.05) is 0 Å². The summed E-state index contributed by atoms with van der Waals surface area (Å²) in [7, 11) is 0. The molecule has 0 bridgehead atoms. The third-order valence-electron chi connectivity index (χ3n) is 1.49. The van der Waals surface area contributed by atoms with Crippen molar-refractivity contribution in [1.82, 2.24) is 0 Å². The number of cyclic esters (lactones) is 1. The van der Waals surface area contributed by atoms with E-state index in [9.17, 15) is 4.79 Å². The molecule has 10 heavy (non-hydrogen) atoms. The minimum Gasteiger partial charge on any atom is -0.452 e. The van der Waals surface area contributed by atoms with Crippen LogP contribution in [0.1, 0.15) is 6.92 Å². The summed E-state index contributed by atoms with van der Waals surface area (Å²) in [4.78, 5) is 10.6. The molecule has 5 heteroatoms. The first-order chi connectivity index (χ1) is 4.44. The van der Waals surface area contributed by atoms with Gasteiger partial charge in [0.25, 0.3) is 4.33 Å². The first-order valence-electron chi connectivity index (χ1n) is 2.61. The Bertz CT molecular complexity index is 180. The lowest BCUT2D eigenvalue weighted by Gasteiger charge is -2.45. The number of carbonyl (C=O) groups excluding carboxylic acids is 1. The van der Waals surface area contributed by atoms with Crippen molar-refractivity contribution in [3.63, 3.8) is 0 Å². The molecule has 1 atom stereocenters. The fraction of sp³-hybridized carbons (Fsp3) is 0.800. The van der Waals surface area contributed by atoms with E-state index >= 15 is 0 Å². The highest BCUT2D eigenvalue weighted by Crippen LogP contribution is 2.47. The van der Waals surface area contributed by atoms with Crippen LogP contribution >= 0.6 is 34.8 Å². The molecule has 0 aliphatic carbocycles. The van der Waals surface area contributed by atoms with Gasteiger partial charge >= 0.3 is 5.97 Å². The van der Waals surface area contributed by atoms with Gasteiger partial charge in [-0.1, -0.05) is 23.2 Å². The number of alkyl halides is 3. The molecule has 2 nitrogen and oxygen atoms in total. The lowest BCUT2D eigenvalue weighted by Crippen LogP contribution is -2.65. The molecule has 0 aromatic heterocycles. The lowest BCUT2D eigenvalue weighted by molar-refractivity contribution is -0.186. The molecule has 58 valence electrons. The van der Waals surface area contributed by atoms with Crippen molar-refractivity contribution in [3.05, 3.63) is 0 Å². The van der Waals surface area contributed by atoms with Gasteiger partial charge in [-0.2, -0.15) is 0 Å². The third-order valence-corrected chi connectivity index (χ3v) is 3.11. The second kappa shape index (κ2) is 2.16. The summed E-state index contributed by atoms with van der Waals surface area (Å²) in [6.45, 7) is 1.58. The largest absolute Gasteiger partial charge is 0.452 e. The average molecular weight is 203 g/mol. The van der Waals surface area contributed by atoms with Gasteiger partial charge in [-0.15, -0.1) is 11.6 Å². The smallest absolute Gasteiger partial charge is 0.347 e. The van der Waals surface area contributed by atoms with Crippen molar-refractivity contribution in [2.45, 2.75) is 16.9 Å². The molecular weight excluding hydrogens is 198 g/mol. The third kappa shape index (κ3) is 0.825. The van der Waals surface area contributed by atoms with Gasteiger partial charge in [0.05, 0.1) is 5.88 Å². The van der Waals surface area contributed by atoms with Crippen molar-refractivity contribution in [2.75, 3.05) is 5.88 Å². The fourth-order valence-electron chi connectivity index (χ4n) is 0.614. The van der Waals surface area contributed by atoms with Crippen molar-refractivity contribution in [2.24, 2.45) is 0 Å². The number of hydrogen-bond donors (Lipinski definition) is 0. The Labute approximate surface area is 73.4 Å². The molecule has 1 heterocycles. The first-order valence-corrected chi connectivity index (χ1v) is 3.90. The van der Waals surface area contributed by atoms with Gasteiger partial charge in [0.15, 0.2) is 5.60 Å². The van der Waals surface area contributed by atoms with Crippen LogP contribution < -0.4 is 0 Å². The zero-order chi connectivity index (χ0) is 7.99. The van der Waals surface area contributed by atoms with E-state index < -0.39 is 15.9 Å². The van der Waals surface area contributed by atoms with Crippen LogP contribution in [0, 0.1) is 0 Å². The van der Waals surface area contributed by atoms with Crippen molar-refractivity contribution in [1.29, 1.82) is 0 Å². The van der Waals surface area contributed by atoms with Crippen LogP contribution in [-0.4, -0.2) is 21.8 Å². The quantitative estimate of drug-likeness (QED) is 0.479. The van der Waals surface area contributed by atoms with Crippen LogP contribution in [0.3, 0.4) is 0 Å². The predicted octanol–water partition coefficient (Wildman–Crippen LogP) is 1.71. The number of esters is 1. The second-order valence-corrected chi connectivity index (χ2v) is 3.92. The molecule has 0 saturated carbocycles. The zero-order valence-electron chi connectivity index (χ0n) is 5.16. The molecule has 1 aliphatic rings. The van der Waals surface area contributed by atoms with E-state index in [1.54, 1.807) is 6.92 Å². The van der Waals surface area contributed by atoms with Crippen molar-refractivity contribution >= 4 is 40.8 Å². The van der Waals surface area contributed by atoms with Gasteiger partial charge in [-0.3, -0.25) is 0 Å². The van der Waals surface area contributed by atoms with E-state index in [-0.39, 0.29) is 5.88 Å². The zero-order valence-corrected chi connectivity index (χ0v) is 7.43. The van der Waals surface area contributed by atoms with Gasteiger partial charge in [0.1, 0.15) is 0 Å². The van der Waals surface area contributed by atoms with Crippen molar-refractivity contribution < 1.29 is 9.53 Å². The summed E-state index contributed by atoms with van der Waals surface area (Å²) in [5.74, 6) is -0.523. The summed E-state index contributed by atoms with van der Waals surface area (Å²) < 4.78 is 3.19. The van der Waals surface area contributed by atoms with Crippen LogP contribution in [0.25, 0.3) is 0 Å². The van der Waals surface area contributed by atoms with Gasteiger partial charge in [0.2, 0.25) is 0 Å². The predicted molar refractivity (Wildman–Crippen MR) is 39.7 cm³/mol. The van der Waals surface area contributed by atoms with E-state index in [0.717, 1.165) is 0 Å². The molecule has 1 rings (SSSR count). The number of halogens is 3. The highest BCUT2D eigenvalue weighted by atomic mass is 35.5. The Kier molecular flexibility index (Phi) is 1.82. The summed E-state index contributed by atoms with van der Waals surface area (Å²) in [5, 5.41) is 0. The summed E-state index contributed by atoms with van der Waals surface area (Å²) >= 11 is 16.6. The molecule has 0 N–H and O–H groups in total. The normalized spacial score (nSPS) is 36.6. The van der Waals surface area contributed by atoms with Crippen LogP contribution in [0.2, 0.25) is 0 Å². The van der Waals surface area contributed by atoms with E-state index in [1.807, 2.05) is 0 Å². The Morgan fingerprint density at radius 3 is 2.20 bits per heavy atom. The van der Waals surface area contributed by atoms with Crippen molar-refractivity contribution in [3.8, 4) is 0 Å². The highest BCUT2D eigenvalue weighted by Gasteiger charge is 2.65. The molecule has 0 amide bonds. The molecule has 1 unspecified atom stereocenters. The molecule has 0 spiro atoms. The monoisotopic (exact) mass is 202 g/mol. The molecule has 0 aromatic rings. The van der Waals surface area contributed by atoms with Crippen LogP contribution in [0.15, 0.2) is 0 Å². The summed E-state index contributed by atoms with van der Waals surface area (Å²) in [6.07, 6.45) is 0. The number of hydrogen-bond acceptors (Lipinski definition) is 2. The Hall–Kier alpha value is 0.340. The maximum atomic E-state index is 10.6. The molecule has 1 saturated heterocycles. The lowest BCUT2D eigenvalue weighted by atomic mass is 9.98.